The third kappa shape index (κ3) is 3.53. The zero-order valence-electron chi connectivity index (χ0n) is 13.2. The number of benzene rings is 1. The smallest absolute Gasteiger partial charge is 0.241 e. The Kier molecular flexibility index (Phi) is 4.46. The summed E-state index contributed by atoms with van der Waals surface area (Å²) >= 11 is 0. The summed E-state index contributed by atoms with van der Waals surface area (Å²) < 4.78 is 33.3. The van der Waals surface area contributed by atoms with Crippen molar-refractivity contribution in [1.82, 2.24) is 9.62 Å². The summed E-state index contributed by atoms with van der Waals surface area (Å²) in [6.45, 7) is 2.73. The van der Waals surface area contributed by atoms with Crippen LogP contribution in [-0.2, 0) is 10.0 Å². The molecule has 2 heterocycles. The van der Waals surface area contributed by atoms with Gasteiger partial charge in [0.25, 0.3) is 0 Å². The highest BCUT2D eigenvalue weighted by molar-refractivity contribution is 7.89. The van der Waals surface area contributed by atoms with Crippen LogP contribution in [0.1, 0.15) is 12.0 Å². The molecular weight excluding hydrogens is 328 g/mol. The summed E-state index contributed by atoms with van der Waals surface area (Å²) in [5, 5.41) is 11.9. The molecule has 1 fully saturated rings. The predicted molar refractivity (Wildman–Crippen MR) is 89.1 cm³/mol. The average molecular weight is 346 g/mol. The molecule has 1 aromatic carbocycles. The summed E-state index contributed by atoms with van der Waals surface area (Å²) in [5.41, 5.74) is 1.28. The monoisotopic (exact) mass is 346 g/mol. The molecule has 24 heavy (non-hydrogen) atoms. The molecule has 0 amide bonds. The van der Waals surface area contributed by atoms with Crippen LogP contribution in [0.3, 0.4) is 0 Å². The molecule has 0 aliphatic carbocycles. The summed E-state index contributed by atoms with van der Waals surface area (Å²) in [5.74, 6) is 0.538. The summed E-state index contributed by atoms with van der Waals surface area (Å²) in [7, 11) is -3.66. The van der Waals surface area contributed by atoms with Crippen molar-refractivity contribution in [1.29, 1.82) is 5.26 Å². The molecule has 3 rings (SSSR count). The molecule has 126 valence electrons. The zero-order valence-corrected chi connectivity index (χ0v) is 14.0. The van der Waals surface area contributed by atoms with E-state index < -0.39 is 10.0 Å². The van der Waals surface area contributed by atoms with Crippen molar-refractivity contribution in [2.24, 2.45) is 0 Å². The first kappa shape index (κ1) is 16.4. The summed E-state index contributed by atoms with van der Waals surface area (Å²) in [6, 6.07) is 8.37. The van der Waals surface area contributed by atoms with Crippen molar-refractivity contribution in [3.63, 3.8) is 0 Å². The van der Waals surface area contributed by atoms with Crippen molar-refractivity contribution in [3.8, 4) is 6.19 Å². The number of nitrogens with one attached hydrogen (secondary N) is 2. The fourth-order valence-corrected chi connectivity index (χ4v) is 4.22. The van der Waals surface area contributed by atoms with E-state index in [0.717, 1.165) is 0 Å². The number of sulfonamides is 1. The third-order valence-electron chi connectivity index (χ3n) is 3.92. The maximum atomic E-state index is 12.7. The Morgan fingerprint density at radius 2 is 2.21 bits per heavy atom. The number of aryl methyl sites for hydroxylation is 1. The molecule has 1 saturated heterocycles. The van der Waals surface area contributed by atoms with Crippen LogP contribution < -0.4 is 10.0 Å². The van der Waals surface area contributed by atoms with E-state index >= 15 is 0 Å². The number of furan rings is 1. The van der Waals surface area contributed by atoms with Crippen molar-refractivity contribution in [2.45, 2.75) is 24.3 Å². The van der Waals surface area contributed by atoms with Crippen LogP contribution in [0.25, 0.3) is 0 Å². The minimum atomic E-state index is -3.66. The van der Waals surface area contributed by atoms with Crippen molar-refractivity contribution >= 4 is 21.6 Å². The molecule has 1 aliphatic rings. The van der Waals surface area contributed by atoms with Crippen LogP contribution in [0.15, 0.2) is 45.9 Å². The van der Waals surface area contributed by atoms with Crippen molar-refractivity contribution in [3.05, 3.63) is 42.2 Å². The molecular formula is C16H18N4O3S. The Morgan fingerprint density at radius 1 is 1.38 bits per heavy atom. The minimum absolute atomic E-state index is 0.217. The lowest BCUT2D eigenvalue weighted by Crippen LogP contribution is -2.36. The van der Waals surface area contributed by atoms with Gasteiger partial charge in [-0.2, -0.15) is 5.26 Å². The van der Waals surface area contributed by atoms with Crippen LogP contribution >= 0.6 is 0 Å². The number of likely N-dealkylation sites (tertiary alicyclic amines) is 1. The number of nitrogens with zero attached hydrogens (tertiary/aromatic N) is 2. The van der Waals surface area contributed by atoms with E-state index in [9.17, 15) is 8.42 Å². The number of hydrogen-bond acceptors (Lipinski definition) is 6. The van der Waals surface area contributed by atoms with Gasteiger partial charge in [-0.25, -0.2) is 13.1 Å². The standard InChI is InChI=1S/C16H18N4O3S/c1-12-4-5-13(18-16-3-2-8-23-16)9-15(12)24(21,22)19-14-6-7-20(10-14)11-17/h2-5,8-9,14,18-19H,6-7,10H2,1H3/t14-/m1/s1. The van der Waals surface area contributed by atoms with Gasteiger partial charge in [-0.05, 0) is 37.1 Å². The fourth-order valence-electron chi connectivity index (χ4n) is 2.69. The molecule has 0 spiro atoms. The van der Waals surface area contributed by atoms with Gasteiger partial charge in [-0.1, -0.05) is 6.07 Å². The van der Waals surface area contributed by atoms with Gasteiger partial charge in [0, 0.05) is 30.9 Å². The van der Waals surface area contributed by atoms with Crippen LogP contribution in [0.2, 0.25) is 0 Å². The molecule has 0 saturated carbocycles. The predicted octanol–water partition coefficient (Wildman–Crippen LogP) is 2.17. The molecule has 1 atom stereocenters. The quantitative estimate of drug-likeness (QED) is 0.805. The van der Waals surface area contributed by atoms with Crippen molar-refractivity contribution < 1.29 is 12.8 Å². The number of nitriles is 1. The highest BCUT2D eigenvalue weighted by Gasteiger charge is 2.27. The van der Waals surface area contributed by atoms with E-state index in [1.165, 1.54) is 6.26 Å². The molecule has 0 unspecified atom stereocenters. The summed E-state index contributed by atoms with van der Waals surface area (Å²) in [4.78, 5) is 1.77. The Balaban J connectivity index is 1.80. The number of anilines is 2. The van der Waals surface area contributed by atoms with Crippen LogP contribution in [0, 0.1) is 18.4 Å². The molecule has 2 N–H and O–H groups in total. The molecule has 0 radical (unpaired) electrons. The van der Waals surface area contributed by atoms with E-state index in [-0.39, 0.29) is 10.9 Å². The van der Waals surface area contributed by atoms with Gasteiger partial charge in [-0.15, -0.1) is 0 Å². The van der Waals surface area contributed by atoms with Crippen molar-refractivity contribution in [2.75, 3.05) is 18.4 Å². The van der Waals surface area contributed by atoms with Gasteiger partial charge >= 0.3 is 0 Å². The zero-order chi connectivity index (χ0) is 17.2. The lowest BCUT2D eigenvalue weighted by molar-refractivity contribution is 0.470. The Hall–Kier alpha value is -2.50. The normalized spacial score (nSPS) is 17.7. The molecule has 1 aliphatic heterocycles. The lowest BCUT2D eigenvalue weighted by atomic mass is 10.2. The third-order valence-corrected chi connectivity index (χ3v) is 5.58. The fraction of sp³-hybridized carbons (Fsp3) is 0.312. The van der Waals surface area contributed by atoms with Gasteiger partial charge < -0.3 is 14.6 Å². The first-order chi connectivity index (χ1) is 11.5. The first-order valence-electron chi connectivity index (χ1n) is 7.56. The average Bonchev–Trinajstić information content (AvgIpc) is 3.20. The minimum Gasteiger partial charge on any atom is -0.449 e. The second-order valence-electron chi connectivity index (χ2n) is 5.74. The topological polar surface area (TPSA) is 98.4 Å². The Morgan fingerprint density at radius 3 is 2.88 bits per heavy atom. The van der Waals surface area contributed by atoms with Crippen LogP contribution in [0.4, 0.5) is 11.6 Å². The van der Waals surface area contributed by atoms with Gasteiger partial charge in [0.15, 0.2) is 12.1 Å². The van der Waals surface area contributed by atoms with Gasteiger partial charge in [0.05, 0.1) is 11.2 Å². The second-order valence-corrected chi connectivity index (χ2v) is 7.42. The summed E-state index contributed by atoms with van der Waals surface area (Å²) in [6.07, 6.45) is 4.20. The molecule has 1 aromatic heterocycles. The van der Waals surface area contributed by atoms with Gasteiger partial charge in [0.2, 0.25) is 10.0 Å². The maximum Gasteiger partial charge on any atom is 0.241 e. The molecule has 8 heteroatoms. The number of rotatable bonds is 5. The second kappa shape index (κ2) is 6.55. The van der Waals surface area contributed by atoms with E-state index in [1.54, 1.807) is 42.2 Å². The van der Waals surface area contributed by atoms with E-state index in [4.69, 9.17) is 9.68 Å². The van der Waals surface area contributed by atoms with Gasteiger partial charge in [0.1, 0.15) is 0 Å². The molecule has 7 nitrogen and oxygen atoms in total. The van der Waals surface area contributed by atoms with E-state index in [0.29, 0.717) is 36.6 Å². The van der Waals surface area contributed by atoms with Crippen LogP contribution in [0.5, 0.6) is 0 Å². The molecule has 2 aromatic rings. The largest absolute Gasteiger partial charge is 0.449 e. The SMILES string of the molecule is Cc1ccc(Nc2ccco2)cc1S(=O)(=O)N[C@@H]1CCN(C#N)C1. The Bertz CT molecular complexity index is 856. The van der Waals surface area contributed by atoms with Gasteiger partial charge in [-0.3, -0.25) is 0 Å². The highest BCUT2D eigenvalue weighted by atomic mass is 32.2. The first-order valence-corrected chi connectivity index (χ1v) is 9.04. The van der Waals surface area contributed by atoms with E-state index in [2.05, 4.69) is 10.0 Å². The maximum absolute atomic E-state index is 12.7. The molecule has 0 bridgehead atoms. The highest BCUT2D eigenvalue weighted by Crippen LogP contribution is 2.24. The lowest BCUT2D eigenvalue weighted by Gasteiger charge is -2.15. The Labute approximate surface area is 140 Å². The number of hydrogen-bond donors (Lipinski definition) is 2. The van der Waals surface area contributed by atoms with Crippen LogP contribution in [-0.4, -0.2) is 32.4 Å². The van der Waals surface area contributed by atoms with E-state index in [1.807, 2.05) is 6.19 Å².